The van der Waals surface area contributed by atoms with Crippen molar-refractivity contribution in [3.63, 3.8) is 0 Å². The SMILES string of the molecule is COCCn1cnc(N2CCC[C@@H](C(=O)N(c3ccc(C(F)(F)F)cn3)S(=O)[O-])C2)c1. The molecule has 0 aliphatic carbocycles. The Morgan fingerprint density at radius 3 is 2.77 bits per heavy atom. The fourth-order valence-electron chi connectivity index (χ4n) is 3.32. The second kappa shape index (κ2) is 9.75. The fourth-order valence-corrected chi connectivity index (χ4v) is 3.88. The number of hydrogen-bond acceptors (Lipinski definition) is 7. The zero-order chi connectivity index (χ0) is 22.6. The summed E-state index contributed by atoms with van der Waals surface area (Å²) >= 11 is -3.03. The second-order valence-electron chi connectivity index (χ2n) is 7.00. The molecule has 0 saturated carbocycles. The van der Waals surface area contributed by atoms with Crippen LogP contribution < -0.4 is 9.21 Å². The van der Waals surface area contributed by atoms with Crippen molar-refractivity contribution in [2.75, 3.05) is 36.0 Å². The highest BCUT2D eigenvalue weighted by Gasteiger charge is 2.34. The van der Waals surface area contributed by atoms with E-state index in [2.05, 4.69) is 9.97 Å². The highest BCUT2D eigenvalue weighted by molar-refractivity contribution is 7.81. The van der Waals surface area contributed by atoms with Gasteiger partial charge in [0, 0.05) is 39.1 Å². The lowest BCUT2D eigenvalue weighted by molar-refractivity contribution is -0.137. The van der Waals surface area contributed by atoms with Crippen molar-refractivity contribution >= 4 is 28.8 Å². The van der Waals surface area contributed by atoms with Crippen LogP contribution in [0.5, 0.6) is 0 Å². The molecule has 1 fully saturated rings. The molecule has 1 unspecified atom stereocenters. The van der Waals surface area contributed by atoms with E-state index in [0.717, 1.165) is 6.07 Å². The molecule has 1 saturated heterocycles. The van der Waals surface area contributed by atoms with E-state index in [4.69, 9.17) is 4.74 Å². The van der Waals surface area contributed by atoms with Crippen LogP contribution in [0.15, 0.2) is 30.9 Å². The average molecular weight is 460 g/mol. The van der Waals surface area contributed by atoms with Crippen LogP contribution in [0.2, 0.25) is 0 Å². The van der Waals surface area contributed by atoms with Crippen LogP contribution in [-0.2, 0) is 33.5 Å². The van der Waals surface area contributed by atoms with Crippen LogP contribution in [0, 0.1) is 5.92 Å². The van der Waals surface area contributed by atoms with E-state index in [1.54, 1.807) is 13.4 Å². The number of halogens is 3. The molecule has 2 aromatic rings. The number of anilines is 2. The Morgan fingerprint density at radius 1 is 1.39 bits per heavy atom. The summed E-state index contributed by atoms with van der Waals surface area (Å²) < 4.78 is 68.9. The molecule has 9 nitrogen and oxygen atoms in total. The van der Waals surface area contributed by atoms with E-state index in [1.165, 1.54) is 0 Å². The first-order valence-corrected chi connectivity index (χ1v) is 10.5. The standard InChI is InChI=1S/C18H22F3N5O4S/c1-30-8-7-24-11-16(23-12-24)25-6-2-3-13(10-25)17(27)26(31(28)29)15-5-4-14(9-22-15)18(19,20)21/h4-5,9,11-13H,2-3,6-8,10H2,1H3,(H,28,29)/p-1/t13-/m1/s1. The number of pyridine rings is 1. The number of amides is 1. The number of methoxy groups -OCH3 is 1. The van der Waals surface area contributed by atoms with Gasteiger partial charge in [-0.3, -0.25) is 9.00 Å². The van der Waals surface area contributed by atoms with E-state index in [-0.39, 0.29) is 12.4 Å². The number of hydrogen-bond donors (Lipinski definition) is 0. The topological polar surface area (TPSA) is 104 Å². The van der Waals surface area contributed by atoms with E-state index < -0.39 is 34.8 Å². The Morgan fingerprint density at radius 2 is 2.16 bits per heavy atom. The number of ether oxygens (including phenoxy) is 1. The van der Waals surface area contributed by atoms with Gasteiger partial charge in [-0.2, -0.15) is 13.2 Å². The molecule has 0 bridgehead atoms. The summed E-state index contributed by atoms with van der Waals surface area (Å²) in [6.07, 6.45) is 0.405. The quantitative estimate of drug-likeness (QED) is 0.582. The monoisotopic (exact) mass is 460 g/mol. The molecule has 0 spiro atoms. The summed E-state index contributed by atoms with van der Waals surface area (Å²) in [7, 11) is 1.59. The van der Waals surface area contributed by atoms with Crippen molar-refractivity contribution in [2.45, 2.75) is 25.6 Å². The molecule has 2 aromatic heterocycles. The van der Waals surface area contributed by atoms with Crippen molar-refractivity contribution in [1.82, 2.24) is 14.5 Å². The molecule has 3 rings (SSSR count). The van der Waals surface area contributed by atoms with Crippen molar-refractivity contribution < 1.29 is 31.5 Å². The number of aromatic nitrogens is 3. The smallest absolute Gasteiger partial charge is 0.417 e. The molecule has 3 heterocycles. The van der Waals surface area contributed by atoms with Crippen molar-refractivity contribution in [3.8, 4) is 0 Å². The molecule has 0 N–H and O–H groups in total. The fraction of sp³-hybridized carbons (Fsp3) is 0.500. The number of rotatable bonds is 7. The molecular formula is C18H21F3N5O4S-. The van der Waals surface area contributed by atoms with Crippen molar-refractivity contribution in [3.05, 3.63) is 36.4 Å². The second-order valence-corrected chi connectivity index (χ2v) is 7.80. The van der Waals surface area contributed by atoms with E-state index in [1.807, 2.05) is 15.7 Å². The molecule has 0 aromatic carbocycles. The summed E-state index contributed by atoms with van der Waals surface area (Å²) in [5.74, 6) is -1.16. The van der Waals surface area contributed by atoms with Crippen LogP contribution in [0.25, 0.3) is 0 Å². The van der Waals surface area contributed by atoms with Gasteiger partial charge >= 0.3 is 6.18 Å². The molecule has 1 aliphatic heterocycles. The van der Waals surface area contributed by atoms with E-state index >= 15 is 0 Å². The van der Waals surface area contributed by atoms with Crippen LogP contribution in [-0.4, -0.2) is 56.0 Å². The molecule has 13 heteroatoms. The average Bonchev–Trinajstić information content (AvgIpc) is 3.21. The highest BCUT2D eigenvalue weighted by Crippen LogP contribution is 2.30. The number of imidazole rings is 1. The van der Waals surface area contributed by atoms with Crippen LogP contribution in [0.4, 0.5) is 24.8 Å². The van der Waals surface area contributed by atoms with Crippen LogP contribution >= 0.6 is 0 Å². The first kappa shape index (κ1) is 23.2. The predicted molar refractivity (Wildman–Crippen MR) is 105 cm³/mol. The minimum Gasteiger partial charge on any atom is -0.755 e. The zero-order valence-corrected chi connectivity index (χ0v) is 17.4. The summed E-state index contributed by atoms with van der Waals surface area (Å²) in [6, 6.07) is 1.56. The van der Waals surface area contributed by atoms with Gasteiger partial charge in [-0.15, -0.1) is 0 Å². The van der Waals surface area contributed by atoms with Gasteiger partial charge in [0.25, 0.3) is 0 Å². The number of carbonyl (C=O) groups excluding carboxylic acids is 1. The first-order chi connectivity index (χ1) is 14.7. The van der Waals surface area contributed by atoms with E-state index in [9.17, 15) is 26.7 Å². The maximum absolute atomic E-state index is 12.9. The largest absolute Gasteiger partial charge is 0.755 e. The summed E-state index contributed by atoms with van der Waals surface area (Å²) in [4.78, 5) is 22.7. The van der Waals surface area contributed by atoms with Gasteiger partial charge in [-0.25, -0.2) is 14.3 Å². The minimum atomic E-state index is -4.62. The minimum absolute atomic E-state index is 0.231. The zero-order valence-electron chi connectivity index (χ0n) is 16.6. The summed E-state index contributed by atoms with van der Waals surface area (Å²) in [6.45, 7) is 2.00. The van der Waals surface area contributed by atoms with Gasteiger partial charge in [-0.1, -0.05) is 0 Å². The van der Waals surface area contributed by atoms with Gasteiger partial charge in [-0.05, 0) is 25.0 Å². The highest BCUT2D eigenvalue weighted by atomic mass is 32.2. The third-order valence-electron chi connectivity index (χ3n) is 4.90. The molecule has 31 heavy (non-hydrogen) atoms. The van der Waals surface area contributed by atoms with Crippen molar-refractivity contribution in [2.24, 2.45) is 5.92 Å². The predicted octanol–water partition coefficient (Wildman–Crippen LogP) is 1.99. The maximum atomic E-state index is 12.9. The molecular weight excluding hydrogens is 439 g/mol. The maximum Gasteiger partial charge on any atom is 0.417 e. The Balaban J connectivity index is 1.74. The van der Waals surface area contributed by atoms with Crippen molar-refractivity contribution in [1.29, 1.82) is 0 Å². The van der Waals surface area contributed by atoms with Gasteiger partial charge in [0.05, 0.1) is 35.7 Å². The first-order valence-electron chi connectivity index (χ1n) is 9.43. The molecule has 2 atom stereocenters. The Labute approximate surface area is 179 Å². The van der Waals surface area contributed by atoms with Gasteiger partial charge in [0.1, 0.15) is 11.6 Å². The number of carbonyl (C=O) groups is 1. The summed E-state index contributed by atoms with van der Waals surface area (Å²) in [5.41, 5.74) is -1.03. The number of nitrogens with zero attached hydrogens (tertiary/aromatic N) is 5. The normalized spacial score (nSPS) is 18.1. The Hall–Kier alpha value is -2.51. The summed E-state index contributed by atoms with van der Waals surface area (Å²) in [5, 5.41) is 0. The molecule has 1 amide bonds. The van der Waals surface area contributed by atoms with E-state index in [0.29, 0.717) is 54.9 Å². The lowest BCUT2D eigenvalue weighted by Gasteiger charge is -2.35. The molecule has 1 aliphatic rings. The Kier molecular flexibility index (Phi) is 7.28. The lowest BCUT2D eigenvalue weighted by atomic mass is 9.97. The van der Waals surface area contributed by atoms with Gasteiger partial charge in [0.2, 0.25) is 5.91 Å². The third kappa shape index (κ3) is 5.60. The lowest BCUT2D eigenvalue weighted by Crippen LogP contribution is -2.46. The number of alkyl halides is 3. The molecule has 0 radical (unpaired) electrons. The van der Waals surface area contributed by atoms with Gasteiger partial charge in [0.15, 0.2) is 0 Å². The third-order valence-corrected chi connectivity index (χ3v) is 5.57. The number of piperidine rings is 1. The van der Waals surface area contributed by atoms with Crippen LogP contribution in [0.3, 0.4) is 0 Å². The van der Waals surface area contributed by atoms with Crippen LogP contribution in [0.1, 0.15) is 18.4 Å². The Bertz CT molecular complexity index is 922. The molecule has 170 valence electrons. The van der Waals surface area contributed by atoms with Gasteiger partial charge < -0.3 is 18.8 Å².